The van der Waals surface area contributed by atoms with Gasteiger partial charge in [-0.15, -0.1) is 0 Å². The number of unbranched alkanes of at least 4 members (excludes halogenated alkanes) is 20. The molecule has 8 nitrogen and oxygen atoms in total. The molecule has 9 heteroatoms. The second-order valence-corrected chi connectivity index (χ2v) is 20.2. The third-order valence-electron chi connectivity index (χ3n) is 11.3. The second-order valence-electron chi connectivity index (χ2n) is 18.8. The van der Waals surface area contributed by atoms with E-state index in [2.05, 4.69) is 104 Å². The number of carbonyl (C=O) groups excluding carboxylic acids is 1. The molecule has 0 rings (SSSR count). The van der Waals surface area contributed by atoms with Crippen LogP contribution in [0.2, 0.25) is 0 Å². The Hall–Kier alpha value is -2.58. The molecule has 0 aliphatic rings. The first-order valence-corrected chi connectivity index (χ1v) is 28.1. The Bertz CT molecular complexity index is 1390. The Morgan fingerprint density at radius 2 is 0.939 bits per heavy atom. The first-order valence-electron chi connectivity index (χ1n) is 26.6. The zero-order valence-electron chi connectivity index (χ0n) is 43.1. The molecule has 0 heterocycles. The molecule has 0 aliphatic heterocycles. The van der Waals surface area contributed by atoms with E-state index in [1.54, 1.807) is 6.08 Å². The summed E-state index contributed by atoms with van der Waals surface area (Å²) < 4.78 is 23.3. The molecule has 380 valence electrons. The van der Waals surface area contributed by atoms with Crippen LogP contribution < -0.4 is 10.2 Å². The average Bonchev–Trinajstić information content (AvgIpc) is 3.28. The Morgan fingerprint density at radius 1 is 0.545 bits per heavy atom. The van der Waals surface area contributed by atoms with Crippen molar-refractivity contribution in [3.63, 3.8) is 0 Å². The molecule has 0 fully saturated rings. The van der Waals surface area contributed by atoms with Gasteiger partial charge in [-0.3, -0.25) is 9.36 Å². The van der Waals surface area contributed by atoms with Gasteiger partial charge < -0.3 is 28.8 Å². The van der Waals surface area contributed by atoms with Crippen molar-refractivity contribution in [2.24, 2.45) is 0 Å². The molecule has 66 heavy (non-hydrogen) atoms. The highest BCUT2D eigenvalue weighted by Gasteiger charge is 2.23. The van der Waals surface area contributed by atoms with E-state index in [-0.39, 0.29) is 12.5 Å². The lowest BCUT2D eigenvalue weighted by atomic mass is 10.0. The first kappa shape index (κ1) is 63.4. The third kappa shape index (κ3) is 49.3. The normalized spacial score (nSPS) is 14.8. The summed E-state index contributed by atoms with van der Waals surface area (Å²) in [4.78, 5) is 25.4. The van der Waals surface area contributed by atoms with Gasteiger partial charge in [0.05, 0.1) is 39.9 Å². The van der Waals surface area contributed by atoms with Crippen LogP contribution in [0.3, 0.4) is 0 Å². The summed E-state index contributed by atoms with van der Waals surface area (Å²) >= 11 is 0. The van der Waals surface area contributed by atoms with Crippen LogP contribution in [-0.4, -0.2) is 68.5 Å². The largest absolute Gasteiger partial charge is 0.756 e. The summed E-state index contributed by atoms with van der Waals surface area (Å²) in [6.07, 6.45) is 67.5. The number of allylic oxidation sites excluding steroid dienone is 15. The van der Waals surface area contributed by atoms with Crippen molar-refractivity contribution in [1.29, 1.82) is 0 Å². The van der Waals surface area contributed by atoms with Crippen molar-refractivity contribution in [3.8, 4) is 0 Å². The lowest BCUT2D eigenvalue weighted by Crippen LogP contribution is -2.45. The van der Waals surface area contributed by atoms with Crippen LogP contribution in [0.1, 0.15) is 206 Å². The summed E-state index contributed by atoms with van der Waals surface area (Å²) in [7, 11) is 1.22. The van der Waals surface area contributed by atoms with Crippen LogP contribution >= 0.6 is 7.82 Å². The topological polar surface area (TPSA) is 108 Å². The van der Waals surface area contributed by atoms with Gasteiger partial charge in [0.15, 0.2) is 0 Å². The Morgan fingerprint density at radius 3 is 1.41 bits per heavy atom. The number of hydrogen-bond acceptors (Lipinski definition) is 6. The van der Waals surface area contributed by atoms with Gasteiger partial charge in [-0.1, -0.05) is 214 Å². The molecular formula is C57H101N2O6P. The van der Waals surface area contributed by atoms with Gasteiger partial charge in [0.25, 0.3) is 7.82 Å². The SMILES string of the molecule is CC/C=C\C/C=C\C/C=C\C/C=C\C/C=C\C/C=C\CCCCCCCCC(=O)NC(COP(=O)([O-])OCC[N+](C)(C)C)C(O)/C=C/CC/C=C/CCCCCCCCCCCCCCC. The van der Waals surface area contributed by atoms with Crippen LogP contribution in [0.25, 0.3) is 0 Å². The van der Waals surface area contributed by atoms with Gasteiger partial charge in [-0.2, -0.15) is 0 Å². The molecule has 0 aromatic heterocycles. The Kier molecular flexibility index (Phi) is 45.6. The van der Waals surface area contributed by atoms with Crippen molar-refractivity contribution in [2.45, 2.75) is 219 Å². The highest BCUT2D eigenvalue weighted by atomic mass is 31.2. The molecular weight excluding hydrogens is 840 g/mol. The van der Waals surface area contributed by atoms with E-state index < -0.39 is 26.6 Å². The highest BCUT2D eigenvalue weighted by molar-refractivity contribution is 7.45. The van der Waals surface area contributed by atoms with E-state index in [0.29, 0.717) is 17.4 Å². The van der Waals surface area contributed by atoms with E-state index >= 15 is 0 Å². The van der Waals surface area contributed by atoms with Crippen molar-refractivity contribution in [3.05, 3.63) is 97.2 Å². The van der Waals surface area contributed by atoms with Gasteiger partial charge in [-0.25, -0.2) is 0 Å². The summed E-state index contributed by atoms with van der Waals surface area (Å²) in [6.45, 7) is 4.49. The van der Waals surface area contributed by atoms with E-state index in [1.165, 1.54) is 83.5 Å². The Labute approximate surface area is 407 Å². The predicted molar refractivity (Wildman–Crippen MR) is 283 cm³/mol. The van der Waals surface area contributed by atoms with Crippen LogP contribution in [0.15, 0.2) is 97.2 Å². The van der Waals surface area contributed by atoms with Crippen molar-refractivity contribution in [2.75, 3.05) is 40.9 Å². The average molecular weight is 941 g/mol. The number of phosphoric ester groups is 1. The van der Waals surface area contributed by atoms with Gasteiger partial charge in [0, 0.05) is 6.42 Å². The minimum absolute atomic E-state index is 0.0147. The number of nitrogens with one attached hydrogen (secondary N) is 1. The fourth-order valence-corrected chi connectivity index (χ4v) is 7.84. The smallest absolute Gasteiger partial charge is 0.268 e. The minimum atomic E-state index is -4.61. The summed E-state index contributed by atoms with van der Waals surface area (Å²) in [5, 5.41) is 13.8. The molecule has 0 aromatic rings. The number of likely N-dealkylation sites (N-methyl/N-ethyl adjacent to an activating group) is 1. The lowest BCUT2D eigenvalue weighted by Gasteiger charge is -2.29. The number of quaternary nitrogens is 1. The number of rotatable bonds is 47. The van der Waals surface area contributed by atoms with Crippen LogP contribution in [0.4, 0.5) is 0 Å². The van der Waals surface area contributed by atoms with E-state index in [9.17, 15) is 19.4 Å². The van der Waals surface area contributed by atoms with Gasteiger partial charge in [0.2, 0.25) is 5.91 Å². The third-order valence-corrected chi connectivity index (χ3v) is 12.2. The molecule has 2 N–H and O–H groups in total. The zero-order valence-corrected chi connectivity index (χ0v) is 44.0. The number of hydrogen-bond donors (Lipinski definition) is 2. The fourth-order valence-electron chi connectivity index (χ4n) is 7.11. The number of nitrogens with zero attached hydrogens (tertiary/aromatic N) is 1. The van der Waals surface area contributed by atoms with Crippen LogP contribution in [0, 0.1) is 0 Å². The highest BCUT2D eigenvalue weighted by Crippen LogP contribution is 2.38. The maximum absolute atomic E-state index is 12.9. The van der Waals surface area contributed by atoms with Crippen LogP contribution in [0.5, 0.6) is 0 Å². The second kappa shape index (κ2) is 47.5. The maximum Gasteiger partial charge on any atom is 0.268 e. The van der Waals surface area contributed by atoms with Gasteiger partial charge >= 0.3 is 0 Å². The lowest BCUT2D eigenvalue weighted by molar-refractivity contribution is -0.870. The maximum atomic E-state index is 12.9. The Balaban J connectivity index is 4.39. The number of amides is 1. The number of aliphatic hydroxyl groups is 1. The molecule has 3 unspecified atom stereocenters. The molecule has 0 spiro atoms. The molecule has 1 amide bonds. The number of aliphatic hydroxyl groups excluding tert-OH is 1. The number of carbonyl (C=O) groups is 1. The summed E-state index contributed by atoms with van der Waals surface area (Å²) in [5.74, 6) is -0.225. The monoisotopic (exact) mass is 941 g/mol. The van der Waals surface area contributed by atoms with E-state index in [0.717, 1.165) is 103 Å². The van der Waals surface area contributed by atoms with Gasteiger partial charge in [0.1, 0.15) is 13.2 Å². The fraction of sp³-hybridized carbons (Fsp3) is 0.702. The standard InChI is InChI=1S/C57H101N2O6P/c1-6-8-10-12-14-16-18-20-22-24-26-27-28-29-30-31-33-35-37-39-41-43-45-47-49-51-57(61)58-55(54-65-66(62,63)64-53-52-59(3,4)5)56(60)50-48-46-44-42-40-38-36-34-32-25-23-21-19-17-15-13-11-9-7-2/h8,10,14,16,20,22,26-27,29-30,33,35,40,42,48,50,55-56,60H,6-7,9,11-13,15,17-19,21,23-25,28,31-32,34,36-39,41,43-47,49,51-54H2,1-5H3,(H-,58,61,62,63)/b10-8-,16-14-,22-20-,27-26-,30-29-,35-33-,42-40+,50-48+. The van der Waals surface area contributed by atoms with Crippen molar-refractivity contribution < 1.29 is 32.9 Å². The molecule has 0 radical (unpaired) electrons. The number of phosphoric acid groups is 1. The quantitative estimate of drug-likeness (QED) is 0.0272. The van der Waals surface area contributed by atoms with E-state index in [1.807, 2.05) is 27.2 Å². The molecule has 0 bridgehead atoms. The zero-order chi connectivity index (χ0) is 48.5. The summed E-state index contributed by atoms with van der Waals surface area (Å²) in [5.41, 5.74) is 0. The molecule has 0 saturated heterocycles. The molecule has 0 aliphatic carbocycles. The molecule has 0 aromatic carbocycles. The van der Waals surface area contributed by atoms with Crippen LogP contribution in [-0.2, 0) is 18.4 Å². The predicted octanol–water partition coefficient (Wildman–Crippen LogP) is 15.2. The molecule has 3 atom stereocenters. The summed E-state index contributed by atoms with van der Waals surface area (Å²) in [6, 6.07) is -0.918. The minimum Gasteiger partial charge on any atom is -0.756 e. The van der Waals surface area contributed by atoms with E-state index in [4.69, 9.17) is 9.05 Å². The molecule has 0 saturated carbocycles. The first-order chi connectivity index (χ1) is 32.0. The van der Waals surface area contributed by atoms with Gasteiger partial charge in [-0.05, 0) is 83.5 Å². The van der Waals surface area contributed by atoms with Crippen molar-refractivity contribution >= 4 is 13.7 Å². The van der Waals surface area contributed by atoms with Crippen molar-refractivity contribution in [1.82, 2.24) is 5.32 Å².